The minimum absolute atomic E-state index is 0.279. The monoisotopic (exact) mass is 413 g/mol. The third kappa shape index (κ3) is 5.77. The van der Waals surface area contributed by atoms with Gasteiger partial charge in [0.1, 0.15) is 0 Å². The van der Waals surface area contributed by atoms with E-state index >= 15 is 0 Å². The summed E-state index contributed by atoms with van der Waals surface area (Å²) in [7, 11) is -3.47. The lowest BCUT2D eigenvalue weighted by molar-refractivity contribution is 0.582. The van der Waals surface area contributed by atoms with Gasteiger partial charge in [-0.25, -0.2) is 13.1 Å². The van der Waals surface area contributed by atoms with Gasteiger partial charge in [-0.15, -0.1) is 0 Å². The van der Waals surface area contributed by atoms with Gasteiger partial charge in [-0.05, 0) is 53.7 Å². The van der Waals surface area contributed by atoms with Crippen LogP contribution in [-0.2, 0) is 10.0 Å². The maximum absolute atomic E-state index is 12.2. The van der Waals surface area contributed by atoms with Crippen molar-refractivity contribution in [2.45, 2.75) is 18.2 Å². The molecular formula is C17H17BrClNO2S. The zero-order valence-corrected chi connectivity index (χ0v) is 15.7. The first-order valence-electron chi connectivity index (χ1n) is 7.05. The average Bonchev–Trinajstić information content (AvgIpc) is 2.50. The summed E-state index contributed by atoms with van der Waals surface area (Å²) in [6.45, 7) is 2.24. The highest BCUT2D eigenvalue weighted by Crippen LogP contribution is 2.18. The molecule has 2 aromatic rings. The highest BCUT2D eigenvalue weighted by Gasteiger charge is 2.12. The van der Waals surface area contributed by atoms with Crippen LogP contribution in [0.5, 0.6) is 0 Å². The Kier molecular flexibility index (Phi) is 6.41. The highest BCUT2D eigenvalue weighted by molar-refractivity contribution is 9.11. The minimum atomic E-state index is -3.47. The first kappa shape index (κ1) is 18.2. The summed E-state index contributed by atoms with van der Waals surface area (Å²) in [4.78, 5) is 0.279. The molecule has 23 heavy (non-hydrogen) atoms. The first-order chi connectivity index (χ1) is 10.9. The Balaban J connectivity index is 1.93. The van der Waals surface area contributed by atoms with E-state index in [1.807, 2.05) is 37.3 Å². The SMILES string of the molecule is Cc1ccc(S(=O)(=O)NCC/C(Br)=C\c2ccc(Cl)cc2)cc1. The number of hydrogen-bond donors (Lipinski definition) is 1. The summed E-state index contributed by atoms with van der Waals surface area (Å²) >= 11 is 9.30. The molecule has 0 saturated carbocycles. The fourth-order valence-electron chi connectivity index (χ4n) is 1.92. The summed E-state index contributed by atoms with van der Waals surface area (Å²) in [5, 5.41) is 0.684. The number of benzene rings is 2. The summed E-state index contributed by atoms with van der Waals surface area (Å²) in [5.74, 6) is 0. The van der Waals surface area contributed by atoms with E-state index in [1.165, 1.54) is 0 Å². The molecule has 2 rings (SSSR count). The number of halogens is 2. The van der Waals surface area contributed by atoms with Crippen LogP contribution < -0.4 is 4.72 Å². The molecule has 122 valence electrons. The number of nitrogens with one attached hydrogen (secondary N) is 1. The molecule has 0 saturated heterocycles. The minimum Gasteiger partial charge on any atom is -0.211 e. The summed E-state index contributed by atoms with van der Waals surface area (Å²) in [6.07, 6.45) is 2.50. The number of rotatable bonds is 6. The normalized spacial score (nSPS) is 12.4. The van der Waals surface area contributed by atoms with E-state index in [0.29, 0.717) is 18.0 Å². The molecule has 0 aliphatic carbocycles. The van der Waals surface area contributed by atoms with Crippen LogP contribution in [0.25, 0.3) is 6.08 Å². The third-order valence-electron chi connectivity index (χ3n) is 3.18. The van der Waals surface area contributed by atoms with Crippen molar-refractivity contribution in [3.8, 4) is 0 Å². The van der Waals surface area contributed by atoms with E-state index in [-0.39, 0.29) is 4.90 Å². The fraction of sp³-hybridized carbons (Fsp3) is 0.176. The van der Waals surface area contributed by atoms with Gasteiger partial charge in [0.25, 0.3) is 0 Å². The Bertz CT molecular complexity index is 784. The zero-order chi connectivity index (χ0) is 16.9. The van der Waals surface area contributed by atoms with Gasteiger partial charge >= 0.3 is 0 Å². The second-order valence-corrected chi connectivity index (χ2v) is 8.33. The molecule has 3 nitrogen and oxygen atoms in total. The molecular weight excluding hydrogens is 398 g/mol. The van der Waals surface area contributed by atoms with E-state index in [2.05, 4.69) is 20.7 Å². The predicted molar refractivity (Wildman–Crippen MR) is 99.3 cm³/mol. The largest absolute Gasteiger partial charge is 0.240 e. The molecule has 0 aliphatic rings. The first-order valence-corrected chi connectivity index (χ1v) is 9.70. The quantitative estimate of drug-likeness (QED) is 0.741. The molecule has 2 aromatic carbocycles. The van der Waals surface area contributed by atoms with Crippen LogP contribution in [0.2, 0.25) is 5.02 Å². The van der Waals surface area contributed by atoms with Crippen LogP contribution >= 0.6 is 27.5 Å². The Morgan fingerprint density at radius 3 is 2.35 bits per heavy atom. The zero-order valence-electron chi connectivity index (χ0n) is 12.6. The van der Waals surface area contributed by atoms with Crippen LogP contribution in [0.15, 0.2) is 57.9 Å². The highest BCUT2D eigenvalue weighted by atomic mass is 79.9. The molecule has 0 atom stereocenters. The summed E-state index contributed by atoms with van der Waals surface area (Å²) in [6, 6.07) is 14.2. The van der Waals surface area contributed by atoms with Gasteiger partial charge in [-0.3, -0.25) is 0 Å². The van der Waals surface area contributed by atoms with E-state index in [9.17, 15) is 8.42 Å². The van der Waals surface area contributed by atoms with E-state index in [0.717, 1.165) is 15.6 Å². The van der Waals surface area contributed by atoms with Gasteiger partial charge in [0.2, 0.25) is 10.0 Å². The van der Waals surface area contributed by atoms with Crippen molar-refractivity contribution in [2.75, 3.05) is 6.54 Å². The molecule has 0 radical (unpaired) electrons. The lowest BCUT2D eigenvalue weighted by Crippen LogP contribution is -2.24. The topological polar surface area (TPSA) is 46.2 Å². The standard InChI is InChI=1S/C17H17BrClNO2S/c1-13-2-8-17(9-3-13)23(21,22)20-11-10-15(18)12-14-4-6-16(19)7-5-14/h2-9,12,20H,10-11H2,1H3/b15-12+. The number of hydrogen-bond acceptors (Lipinski definition) is 2. The molecule has 0 bridgehead atoms. The maximum atomic E-state index is 12.2. The molecule has 0 aromatic heterocycles. The molecule has 1 N–H and O–H groups in total. The Morgan fingerprint density at radius 2 is 1.74 bits per heavy atom. The maximum Gasteiger partial charge on any atom is 0.240 e. The Labute approximate surface area is 150 Å². The molecule has 0 unspecified atom stereocenters. The fourth-order valence-corrected chi connectivity index (χ4v) is 3.54. The Hall–Kier alpha value is -1.14. The third-order valence-corrected chi connectivity index (χ3v) is 5.53. The van der Waals surface area contributed by atoms with Crippen molar-refractivity contribution in [2.24, 2.45) is 0 Å². The summed E-state index contributed by atoms with van der Waals surface area (Å²) < 4.78 is 27.8. The van der Waals surface area contributed by atoms with Crippen LogP contribution in [0.3, 0.4) is 0 Å². The molecule has 0 spiro atoms. The van der Waals surface area contributed by atoms with Crippen molar-refractivity contribution in [3.05, 3.63) is 69.2 Å². The van der Waals surface area contributed by atoms with Gasteiger partial charge in [0, 0.05) is 11.6 Å². The van der Waals surface area contributed by atoms with Crippen LogP contribution in [0.4, 0.5) is 0 Å². The lowest BCUT2D eigenvalue weighted by atomic mass is 10.2. The second kappa shape index (κ2) is 8.11. The molecule has 6 heteroatoms. The Morgan fingerprint density at radius 1 is 1.13 bits per heavy atom. The van der Waals surface area contributed by atoms with Gasteiger partial charge in [-0.2, -0.15) is 0 Å². The lowest BCUT2D eigenvalue weighted by Gasteiger charge is -2.07. The van der Waals surface area contributed by atoms with Crippen molar-refractivity contribution < 1.29 is 8.42 Å². The van der Waals surface area contributed by atoms with Gasteiger partial charge in [-0.1, -0.05) is 57.4 Å². The van der Waals surface area contributed by atoms with Crippen LogP contribution in [0.1, 0.15) is 17.5 Å². The van der Waals surface area contributed by atoms with E-state index in [4.69, 9.17) is 11.6 Å². The van der Waals surface area contributed by atoms with Gasteiger partial charge in [0.05, 0.1) is 4.90 Å². The van der Waals surface area contributed by atoms with E-state index < -0.39 is 10.0 Å². The number of sulfonamides is 1. The van der Waals surface area contributed by atoms with E-state index in [1.54, 1.807) is 24.3 Å². The average molecular weight is 415 g/mol. The van der Waals surface area contributed by atoms with Crippen molar-refractivity contribution in [3.63, 3.8) is 0 Å². The van der Waals surface area contributed by atoms with Crippen molar-refractivity contribution >= 4 is 43.6 Å². The van der Waals surface area contributed by atoms with Crippen LogP contribution in [-0.4, -0.2) is 15.0 Å². The number of aryl methyl sites for hydroxylation is 1. The van der Waals surface area contributed by atoms with Gasteiger partial charge in [0.15, 0.2) is 0 Å². The summed E-state index contributed by atoms with van der Waals surface area (Å²) in [5.41, 5.74) is 2.03. The second-order valence-electron chi connectivity index (χ2n) is 5.10. The van der Waals surface area contributed by atoms with Gasteiger partial charge < -0.3 is 0 Å². The predicted octanol–water partition coefficient (Wildman–Crippen LogP) is 4.75. The molecule has 0 heterocycles. The molecule has 0 aliphatic heterocycles. The van der Waals surface area contributed by atoms with Crippen LogP contribution in [0, 0.1) is 6.92 Å². The molecule has 0 amide bonds. The molecule has 0 fully saturated rings. The van der Waals surface area contributed by atoms with Crippen molar-refractivity contribution in [1.29, 1.82) is 0 Å². The van der Waals surface area contributed by atoms with Crippen molar-refractivity contribution in [1.82, 2.24) is 4.72 Å². The smallest absolute Gasteiger partial charge is 0.211 e.